The third-order valence-electron chi connectivity index (χ3n) is 2.44. The molecule has 0 aliphatic heterocycles. The highest BCUT2D eigenvalue weighted by Gasteiger charge is 2.10. The summed E-state index contributed by atoms with van der Waals surface area (Å²) in [5.41, 5.74) is 0.334. The Morgan fingerprint density at radius 2 is 1.75 bits per heavy atom. The fourth-order valence-electron chi connectivity index (χ4n) is 1.50. The summed E-state index contributed by atoms with van der Waals surface area (Å²) in [4.78, 5) is 14.2. The molecule has 7 heteroatoms. The van der Waals surface area contributed by atoms with Crippen LogP contribution < -0.4 is 5.11 Å². The van der Waals surface area contributed by atoms with E-state index in [1.807, 2.05) is 12.1 Å². The van der Waals surface area contributed by atoms with Gasteiger partial charge >= 0.3 is 0 Å². The molecule has 0 saturated carbocycles. The van der Waals surface area contributed by atoms with Crippen molar-refractivity contribution in [1.29, 1.82) is 0 Å². The van der Waals surface area contributed by atoms with E-state index in [1.54, 1.807) is 12.1 Å². The number of aliphatic imine (C=N–C) groups is 1. The number of hydrogen-bond acceptors (Lipinski definition) is 4. The minimum absolute atomic E-state index is 0.161. The SMILES string of the molecule is O=[N+]([O-])c1cc(Br)cc(C=Nc2ccc(Br)cc2)c1[O-]. The lowest BCUT2D eigenvalue weighted by Crippen LogP contribution is -2.02. The molecule has 2 rings (SSSR count). The molecule has 0 aromatic heterocycles. The quantitative estimate of drug-likeness (QED) is 0.446. The summed E-state index contributed by atoms with van der Waals surface area (Å²) < 4.78 is 1.38. The Labute approximate surface area is 131 Å². The fraction of sp³-hybridized carbons (Fsp3) is 0. The van der Waals surface area contributed by atoms with E-state index in [0.717, 1.165) is 4.47 Å². The summed E-state index contributed by atoms with van der Waals surface area (Å²) in [5, 5.41) is 22.6. The third kappa shape index (κ3) is 3.43. The maximum atomic E-state index is 11.9. The molecule has 0 fully saturated rings. The van der Waals surface area contributed by atoms with E-state index < -0.39 is 16.4 Å². The Morgan fingerprint density at radius 3 is 2.35 bits per heavy atom. The topological polar surface area (TPSA) is 78.6 Å². The molecular formula is C13H7Br2N2O3-. The Balaban J connectivity index is 2.38. The first-order valence-electron chi connectivity index (χ1n) is 5.42. The van der Waals surface area contributed by atoms with Gasteiger partial charge in [0.1, 0.15) is 0 Å². The van der Waals surface area contributed by atoms with Crippen LogP contribution in [0.15, 0.2) is 50.3 Å². The molecule has 0 N–H and O–H groups in total. The Hall–Kier alpha value is -1.73. The first kappa shape index (κ1) is 14.7. The molecule has 0 radical (unpaired) electrons. The highest BCUT2D eigenvalue weighted by molar-refractivity contribution is 9.10. The maximum absolute atomic E-state index is 11.9. The van der Waals surface area contributed by atoms with Gasteiger partial charge < -0.3 is 5.11 Å². The molecule has 0 unspecified atom stereocenters. The highest BCUT2D eigenvalue weighted by Crippen LogP contribution is 2.30. The number of nitro benzene ring substituents is 1. The second-order valence-corrected chi connectivity index (χ2v) is 5.67. The normalized spacial score (nSPS) is 10.9. The van der Waals surface area contributed by atoms with E-state index in [2.05, 4.69) is 36.9 Å². The van der Waals surface area contributed by atoms with Gasteiger partial charge in [-0.15, -0.1) is 0 Å². The summed E-state index contributed by atoms with van der Waals surface area (Å²) in [6, 6.07) is 9.83. The number of halogens is 2. The van der Waals surface area contributed by atoms with Crippen molar-refractivity contribution in [3.63, 3.8) is 0 Å². The molecule has 0 atom stereocenters. The first-order valence-corrected chi connectivity index (χ1v) is 7.00. The number of hydrogen-bond donors (Lipinski definition) is 0. The van der Waals surface area contributed by atoms with Crippen molar-refractivity contribution in [3.8, 4) is 5.75 Å². The monoisotopic (exact) mass is 397 g/mol. The molecule has 2 aromatic rings. The van der Waals surface area contributed by atoms with E-state index in [4.69, 9.17) is 0 Å². The van der Waals surface area contributed by atoms with Crippen molar-refractivity contribution in [2.75, 3.05) is 0 Å². The molecule has 5 nitrogen and oxygen atoms in total. The van der Waals surface area contributed by atoms with E-state index in [-0.39, 0.29) is 5.56 Å². The van der Waals surface area contributed by atoms with Crippen LogP contribution in [0, 0.1) is 10.1 Å². The minimum Gasteiger partial charge on any atom is -0.867 e. The van der Waals surface area contributed by atoms with Crippen LogP contribution >= 0.6 is 31.9 Å². The van der Waals surface area contributed by atoms with Crippen LogP contribution in [-0.2, 0) is 0 Å². The van der Waals surface area contributed by atoms with E-state index in [0.29, 0.717) is 10.2 Å². The van der Waals surface area contributed by atoms with E-state index in [9.17, 15) is 15.2 Å². The molecule has 0 bridgehead atoms. The zero-order valence-electron chi connectivity index (χ0n) is 9.92. The summed E-state index contributed by atoms with van der Waals surface area (Å²) in [5.74, 6) is -0.654. The molecule has 0 aliphatic rings. The maximum Gasteiger partial charge on any atom is 0.263 e. The van der Waals surface area contributed by atoms with Crippen molar-refractivity contribution in [2.45, 2.75) is 0 Å². The van der Waals surface area contributed by atoms with E-state index >= 15 is 0 Å². The molecule has 0 amide bonds. The molecule has 0 saturated heterocycles. The number of rotatable bonds is 3. The standard InChI is InChI=1S/C13H8Br2N2O3/c14-9-1-3-11(4-2-9)16-7-8-5-10(15)6-12(13(8)18)17(19)20/h1-7,18H/p-1. The predicted molar refractivity (Wildman–Crippen MR) is 81.6 cm³/mol. The van der Waals surface area contributed by atoms with Crippen LogP contribution in [0.2, 0.25) is 0 Å². The van der Waals surface area contributed by atoms with Gasteiger partial charge in [-0.2, -0.15) is 0 Å². The van der Waals surface area contributed by atoms with Crippen molar-refractivity contribution in [3.05, 3.63) is 61.0 Å². The molecular weight excluding hydrogens is 392 g/mol. The summed E-state index contributed by atoms with van der Waals surface area (Å²) in [7, 11) is 0. The smallest absolute Gasteiger partial charge is 0.263 e. The molecule has 102 valence electrons. The van der Waals surface area contributed by atoms with Crippen molar-refractivity contribution in [2.24, 2.45) is 4.99 Å². The lowest BCUT2D eigenvalue weighted by molar-refractivity contribution is -0.398. The zero-order chi connectivity index (χ0) is 14.7. The number of benzene rings is 2. The Morgan fingerprint density at radius 1 is 1.10 bits per heavy atom. The minimum atomic E-state index is -0.704. The van der Waals surface area contributed by atoms with Gasteiger partial charge in [-0.25, -0.2) is 0 Å². The Kier molecular flexibility index (Phi) is 4.51. The third-order valence-corrected chi connectivity index (χ3v) is 3.43. The number of nitrogens with zero attached hydrogens (tertiary/aromatic N) is 2. The average Bonchev–Trinajstić information content (AvgIpc) is 2.41. The van der Waals surface area contributed by atoms with Gasteiger partial charge in [-0.1, -0.05) is 31.9 Å². The first-order chi connectivity index (χ1) is 9.47. The molecule has 20 heavy (non-hydrogen) atoms. The van der Waals surface area contributed by atoms with Crippen LogP contribution in [0.4, 0.5) is 11.4 Å². The number of nitro groups is 1. The molecule has 0 spiro atoms. The second kappa shape index (κ2) is 6.15. The van der Waals surface area contributed by atoms with Crippen molar-refractivity contribution >= 4 is 49.4 Å². The molecule has 0 heterocycles. The predicted octanol–water partition coefficient (Wildman–Crippen LogP) is 3.94. The van der Waals surface area contributed by atoms with Crippen LogP contribution in [0.5, 0.6) is 5.75 Å². The molecule has 0 aliphatic carbocycles. The average molecular weight is 399 g/mol. The van der Waals surface area contributed by atoms with Gasteiger partial charge in [-0.3, -0.25) is 15.1 Å². The lowest BCUT2D eigenvalue weighted by Gasteiger charge is -2.10. The lowest BCUT2D eigenvalue weighted by atomic mass is 10.2. The van der Waals surface area contributed by atoms with Crippen LogP contribution in [0.3, 0.4) is 0 Å². The van der Waals surface area contributed by atoms with Gasteiger partial charge in [0.05, 0.1) is 10.6 Å². The van der Waals surface area contributed by atoms with E-state index in [1.165, 1.54) is 18.3 Å². The second-order valence-electron chi connectivity index (χ2n) is 3.83. The zero-order valence-corrected chi connectivity index (χ0v) is 13.1. The summed E-state index contributed by atoms with van der Waals surface area (Å²) in [6.45, 7) is 0. The van der Waals surface area contributed by atoms with Gasteiger partial charge in [-0.05, 0) is 41.6 Å². The Bertz CT molecular complexity index is 685. The largest absolute Gasteiger partial charge is 0.867 e. The van der Waals surface area contributed by atoms with Crippen LogP contribution in [0.1, 0.15) is 5.56 Å². The van der Waals surface area contributed by atoms with Crippen molar-refractivity contribution in [1.82, 2.24) is 0 Å². The van der Waals surface area contributed by atoms with Crippen LogP contribution in [0.25, 0.3) is 0 Å². The van der Waals surface area contributed by atoms with Crippen LogP contribution in [-0.4, -0.2) is 11.1 Å². The van der Waals surface area contributed by atoms with Gasteiger partial charge in [0, 0.05) is 21.2 Å². The fourth-order valence-corrected chi connectivity index (χ4v) is 2.23. The summed E-state index contributed by atoms with van der Waals surface area (Å²) >= 11 is 6.45. The van der Waals surface area contributed by atoms with Crippen molar-refractivity contribution < 1.29 is 10.0 Å². The van der Waals surface area contributed by atoms with Gasteiger partial charge in [0.15, 0.2) is 0 Å². The highest BCUT2D eigenvalue weighted by atomic mass is 79.9. The van der Waals surface area contributed by atoms with Gasteiger partial charge in [0.2, 0.25) is 0 Å². The van der Waals surface area contributed by atoms with Gasteiger partial charge in [0.25, 0.3) is 5.69 Å². The summed E-state index contributed by atoms with van der Waals surface area (Å²) in [6.07, 6.45) is 1.32. The molecule has 2 aromatic carbocycles.